The summed E-state index contributed by atoms with van der Waals surface area (Å²) in [5.41, 5.74) is 2.09. The number of para-hydroxylation sites is 2. The van der Waals surface area contributed by atoms with Gasteiger partial charge in [-0.1, -0.05) is 43.5 Å². The summed E-state index contributed by atoms with van der Waals surface area (Å²) in [5.74, 6) is 0.523. The van der Waals surface area contributed by atoms with Gasteiger partial charge in [0.1, 0.15) is 0 Å². The highest BCUT2D eigenvalue weighted by Crippen LogP contribution is 2.30. The molecule has 0 atom stereocenters. The van der Waals surface area contributed by atoms with E-state index in [1.165, 1.54) is 19.3 Å². The summed E-state index contributed by atoms with van der Waals surface area (Å²) in [4.78, 5) is 24.6. The van der Waals surface area contributed by atoms with Gasteiger partial charge >= 0.3 is 0 Å². The molecule has 5 nitrogen and oxygen atoms in total. The summed E-state index contributed by atoms with van der Waals surface area (Å²) in [5, 5.41) is 5.92. The fraction of sp³-hybridized carbons (Fsp3) is 0.273. The van der Waals surface area contributed by atoms with E-state index >= 15 is 0 Å². The van der Waals surface area contributed by atoms with E-state index in [0.717, 1.165) is 18.4 Å². The summed E-state index contributed by atoms with van der Waals surface area (Å²) in [7, 11) is 0. The van der Waals surface area contributed by atoms with Crippen LogP contribution in [0.15, 0.2) is 54.3 Å². The first kappa shape index (κ1) is 17.3. The van der Waals surface area contributed by atoms with Gasteiger partial charge in [-0.05, 0) is 48.7 Å². The Balaban J connectivity index is 1.45. The number of hydrogen-bond acceptors (Lipinski definition) is 3. The molecule has 138 valence electrons. The number of rotatable bonds is 3. The van der Waals surface area contributed by atoms with Crippen molar-refractivity contribution in [2.24, 2.45) is 0 Å². The van der Waals surface area contributed by atoms with Crippen LogP contribution in [-0.4, -0.2) is 17.9 Å². The molecule has 0 aromatic heterocycles. The van der Waals surface area contributed by atoms with Crippen LogP contribution in [0, 0.1) is 0 Å². The first-order chi connectivity index (χ1) is 13.2. The number of ether oxygens (including phenoxy) is 1. The van der Waals surface area contributed by atoms with Crippen LogP contribution in [0.5, 0.6) is 5.75 Å². The molecule has 0 radical (unpaired) electrons. The van der Waals surface area contributed by atoms with Gasteiger partial charge in [-0.3, -0.25) is 9.59 Å². The molecule has 1 fully saturated rings. The van der Waals surface area contributed by atoms with Crippen molar-refractivity contribution in [1.29, 1.82) is 0 Å². The van der Waals surface area contributed by atoms with Crippen molar-refractivity contribution in [2.45, 2.75) is 38.1 Å². The maximum Gasteiger partial charge on any atom is 0.291 e. The molecule has 2 aromatic rings. The number of anilines is 1. The van der Waals surface area contributed by atoms with Crippen LogP contribution >= 0.6 is 0 Å². The smallest absolute Gasteiger partial charge is 0.291 e. The average Bonchev–Trinajstić information content (AvgIpc) is 2.70. The van der Waals surface area contributed by atoms with Gasteiger partial charge < -0.3 is 15.4 Å². The highest BCUT2D eigenvalue weighted by atomic mass is 16.5. The van der Waals surface area contributed by atoms with Crippen LogP contribution in [0.4, 0.5) is 5.69 Å². The number of amides is 2. The second-order valence-corrected chi connectivity index (χ2v) is 6.99. The van der Waals surface area contributed by atoms with Crippen molar-refractivity contribution in [3.63, 3.8) is 0 Å². The maximum absolute atomic E-state index is 12.4. The van der Waals surface area contributed by atoms with Crippen LogP contribution in [0.2, 0.25) is 0 Å². The molecule has 2 aromatic carbocycles. The van der Waals surface area contributed by atoms with Crippen LogP contribution in [0.1, 0.15) is 48.0 Å². The predicted molar refractivity (Wildman–Crippen MR) is 104 cm³/mol. The van der Waals surface area contributed by atoms with Gasteiger partial charge in [0.25, 0.3) is 11.8 Å². The standard InChI is InChI=1S/C22H22N2O3/c25-21(23-17-6-2-1-3-7-17)16-12-10-15(11-13-16)14-20-22(26)24-18-8-4-5-9-19(18)27-20/h4-5,8-14,17H,1-3,6-7H2,(H,23,25)(H,24,26)/b20-14-. The molecule has 2 amide bonds. The van der Waals surface area contributed by atoms with E-state index in [9.17, 15) is 9.59 Å². The van der Waals surface area contributed by atoms with E-state index in [-0.39, 0.29) is 23.6 Å². The lowest BCUT2D eigenvalue weighted by Crippen LogP contribution is -2.36. The Kier molecular flexibility index (Phi) is 4.92. The lowest BCUT2D eigenvalue weighted by atomic mass is 9.95. The van der Waals surface area contributed by atoms with E-state index in [0.29, 0.717) is 17.0 Å². The molecule has 5 heteroatoms. The molecular formula is C22H22N2O3. The van der Waals surface area contributed by atoms with Gasteiger partial charge in [0.15, 0.2) is 11.5 Å². The van der Waals surface area contributed by atoms with E-state index < -0.39 is 0 Å². The summed E-state index contributed by atoms with van der Waals surface area (Å²) < 4.78 is 5.70. The summed E-state index contributed by atoms with van der Waals surface area (Å²) in [6, 6.07) is 14.8. The SMILES string of the molecule is O=C1Nc2ccccc2O/C1=C\c1ccc(C(=O)NC2CCCCC2)cc1. The summed E-state index contributed by atoms with van der Waals surface area (Å²) >= 11 is 0. The third-order valence-electron chi connectivity index (χ3n) is 4.99. The zero-order valence-corrected chi connectivity index (χ0v) is 15.0. The number of hydrogen-bond donors (Lipinski definition) is 2. The number of carbonyl (C=O) groups is 2. The Morgan fingerprint density at radius 1 is 1.04 bits per heavy atom. The summed E-state index contributed by atoms with van der Waals surface area (Å²) in [6.07, 6.45) is 7.42. The zero-order chi connectivity index (χ0) is 18.6. The molecule has 0 unspecified atom stereocenters. The summed E-state index contributed by atoms with van der Waals surface area (Å²) in [6.45, 7) is 0. The molecule has 1 aliphatic carbocycles. The van der Waals surface area contributed by atoms with Crippen molar-refractivity contribution in [3.8, 4) is 5.75 Å². The molecule has 0 saturated heterocycles. The number of benzene rings is 2. The second kappa shape index (κ2) is 7.66. The van der Waals surface area contributed by atoms with E-state index in [1.807, 2.05) is 24.3 Å². The predicted octanol–water partition coefficient (Wildman–Crippen LogP) is 4.12. The Labute approximate surface area is 158 Å². The van der Waals surface area contributed by atoms with Gasteiger partial charge in [0, 0.05) is 11.6 Å². The topological polar surface area (TPSA) is 67.4 Å². The first-order valence-electron chi connectivity index (χ1n) is 9.40. The van der Waals surface area contributed by atoms with Crippen LogP contribution in [0.25, 0.3) is 6.08 Å². The minimum Gasteiger partial charge on any atom is -0.449 e. The van der Waals surface area contributed by atoms with Crippen molar-refractivity contribution in [3.05, 3.63) is 65.4 Å². The van der Waals surface area contributed by atoms with Crippen molar-refractivity contribution >= 4 is 23.6 Å². The second-order valence-electron chi connectivity index (χ2n) is 6.99. The fourth-order valence-electron chi connectivity index (χ4n) is 3.50. The molecule has 1 heterocycles. The van der Waals surface area contributed by atoms with E-state index in [1.54, 1.807) is 30.3 Å². The largest absolute Gasteiger partial charge is 0.449 e. The zero-order valence-electron chi connectivity index (χ0n) is 15.0. The molecule has 4 rings (SSSR count). The van der Waals surface area contributed by atoms with Gasteiger partial charge in [-0.25, -0.2) is 0 Å². The number of nitrogens with one attached hydrogen (secondary N) is 2. The quantitative estimate of drug-likeness (QED) is 0.807. The minimum absolute atomic E-state index is 0.0401. The Hall–Kier alpha value is -3.08. The van der Waals surface area contributed by atoms with Gasteiger partial charge in [0.2, 0.25) is 0 Å². The lowest BCUT2D eigenvalue weighted by molar-refractivity contribution is -0.115. The Morgan fingerprint density at radius 2 is 1.78 bits per heavy atom. The van der Waals surface area contributed by atoms with Crippen molar-refractivity contribution in [1.82, 2.24) is 5.32 Å². The monoisotopic (exact) mass is 362 g/mol. The number of fused-ring (bicyclic) bond motifs is 1. The molecular weight excluding hydrogens is 340 g/mol. The van der Waals surface area contributed by atoms with Gasteiger partial charge in [0.05, 0.1) is 5.69 Å². The van der Waals surface area contributed by atoms with E-state index in [4.69, 9.17) is 4.74 Å². The van der Waals surface area contributed by atoms with Crippen molar-refractivity contribution in [2.75, 3.05) is 5.32 Å². The minimum atomic E-state index is -0.284. The molecule has 2 aliphatic rings. The third-order valence-corrected chi connectivity index (χ3v) is 4.99. The fourth-order valence-corrected chi connectivity index (χ4v) is 3.50. The molecule has 0 spiro atoms. The van der Waals surface area contributed by atoms with Crippen LogP contribution < -0.4 is 15.4 Å². The molecule has 1 aliphatic heterocycles. The molecule has 2 N–H and O–H groups in total. The first-order valence-corrected chi connectivity index (χ1v) is 9.40. The van der Waals surface area contributed by atoms with E-state index in [2.05, 4.69) is 10.6 Å². The molecule has 27 heavy (non-hydrogen) atoms. The Bertz CT molecular complexity index is 881. The molecule has 0 bridgehead atoms. The van der Waals surface area contributed by atoms with Crippen molar-refractivity contribution < 1.29 is 14.3 Å². The van der Waals surface area contributed by atoms with Crippen LogP contribution in [-0.2, 0) is 4.79 Å². The average molecular weight is 362 g/mol. The highest BCUT2D eigenvalue weighted by Gasteiger charge is 2.21. The maximum atomic E-state index is 12.4. The van der Waals surface area contributed by atoms with Gasteiger partial charge in [-0.15, -0.1) is 0 Å². The van der Waals surface area contributed by atoms with Gasteiger partial charge in [-0.2, -0.15) is 0 Å². The highest BCUT2D eigenvalue weighted by molar-refractivity contribution is 6.08. The normalized spacial score (nSPS) is 18.4. The van der Waals surface area contributed by atoms with Crippen LogP contribution in [0.3, 0.4) is 0 Å². The Morgan fingerprint density at radius 3 is 2.56 bits per heavy atom. The number of carbonyl (C=O) groups excluding carboxylic acids is 2. The molecule has 1 saturated carbocycles. The third kappa shape index (κ3) is 4.03. The lowest BCUT2D eigenvalue weighted by Gasteiger charge is -2.22.